The minimum atomic E-state index is 0.125. The molecule has 0 saturated heterocycles. The van der Waals surface area contributed by atoms with Crippen molar-refractivity contribution in [3.05, 3.63) is 53.7 Å². The standard InChI is InChI=1S/C16H19NO/c1-12-8-9-15(17-11-12)18-14-7-5-6-13(10-14)16(2,3)4/h5-11H,1-4H3. The molecule has 0 N–H and O–H groups in total. The average Bonchev–Trinajstić information content (AvgIpc) is 2.31. The molecule has 0 aliphatic rings. The fraction of sp³-hybridized carbons (Fsp3) is 0.312. The van der Waals surface area contributed by atoms with Crippen LogP contribution in [0.1, 0.15) is 31.9 Å². The van der Waals surface area contributed by atoms with Crippen molar-refractivity contribution >= 4 is 0 Å². The van der Waals surface area contributed by atoms with E-state index in [0.29, 0.717) is 5.88 Å². The summed E-state index contributed by atoms with van der Waals surface area (Å²) < 4.78 is 5.76. The van der Waals surface area contributed by atoms with Gasteiger partial charge in [0.15, 0.2) is 0 Å². The molecule has 0 amide bonds. The highest BCUT2D eigenvalue weighted by Crippen LogP contribution is 2.27. The molecule has 2 rings (SSSR count). The van der Waals surface area contributed by atoms with E-state index in [1.807, 2.05) is 37.4 Å². The third-order valence-electron chi connectivity index (χ3n) is 2.81. The molecule has 0 atom stereocenters. The number of benzene rings is 1. The molecule has 1 aromatic carbocycles. The zero-order chi connectivity index (χ0) is 13.2. The normalized spacial score (nSPS) is 11.3. The maximum Gasteiger partial charge on any atom is 0.219 e. The Morgan fingerprint density at radius 1 is 1.06 bits per heavy atom. The maximum atomic E-state index is 5.76. The highest BCUT2D eigenvalue weighted by Gasteiger charge is 2.14. The van der Waals surface area contributed by atoms with E-state index in [9.17, 15) is 0 Å². The Labute approximate surface area is 109 Å². The van der Waals surface area contributed by atoms with Gasteiger partial charge in [0.2, 0.25) is 5.88 Å². The van der Waals surface area contributed by atoms with Crippen molar-refractivity contribution in [1.82, 2.24) is 4.98 Å². The molecular formula is C16H19NO. The van der Waals surface area contributed by atoms with E-state index in [-0.39, 0.29) is 5.41 Å². The summed E-state index contributed by atoms with van der Waals surface area (Å²) in [4.78, 5) is 4.24. The molecule has 0 spiro atoms. The number of rotatable bonds is 2. The molecular weight excluding hydrogens is 222 g/mol. The number of aryl methyl sites for hydroxylation is 1. The fourth-order valence-electron chi connectivity index (χ4n) is 1.66. The van der Waals surface area contributed by atoms with Crippen molar-refractivity contribution in [1.29, 1.82) is 0 Å². The topological polar surface area (TPSA) is 22.1 Å². The average molecular weight is 241 g/mol. The molecule has 0 saturated carbocycles. The second-order valence-electron chi connectivity index (χ2n) is 5.55. The third-order valence-corrected chi connectivity index (χ3v) is 2.81. The van der Waals surface area contributed by atoms with Crippen LogP contribution in [0.15, 0.2) is 42.6 Å². The molecule has 0 fully saturated rings. The van der Waals surface area contributed by atoms with Gasteiger partial charge >= 0.3 is 0 Å². The minimum Gasteiger partial charge on any atom is -0.439 e. The van der Waals surface area contributed by atoms with Crippen molar-refractivity contribution in [2.75, 3.05) is 0 Å². The summed E-state index contributed by atoms with van der Waals surface area (Å²) in [5.41, 5.74) is 2.51. The zero-order valence-corrected chi connectivity index (χ0v) is 11.4. The Hall–Kier alpha value is -1.83. The quantitative estimate of drug-likeness (QED) is 0.773. The van der Waals surface area contributed by atoms with E-state index < -0.39 is 0 Å². The van der Waals surface area contributed by atoms with Crippen molar-refractivity contribution in [3.8, 4) is 11.6 Å². The number of hydrogen-bond donors (Lipinski definition) is 0. The summed E-state index contributed by atoms with van der Waals surface area (Å²) in [6, 6.07) is 12.0. The first-order chi connectivity index (χ1) is 8.45. The Kier molecular flexibility index (Phi) is 3.37. The highest BCUT2D eigenvalue weighted by atomic mass is 16.5. The molecule has 94 valence electrons. The first-order valence-corrected chi connectivity index (χ1v) is 6.16. The van der Waals surface area contributed by atoms with Crippen LogP contribution in [0.5, 0.6) is 11.6 Å². The fourth-order valence-corrected chi connectivity index (χ4v) is 1.66. The van der Waals surface area contributed by atoms with Crippen LogP contribution in [0.25, 0.3) is 0 Å². The number of ether oxygens (including phenoxy) is 1. The maximum absolute atomic E-state index is 5.76. The number of nitrogens with zero attached hydrogens (tertiary/aromatic N) is 1. The van der Waals surface area contributed by atoms with Crippen LogP contribution in [-0.4, -0.2) is 4.98 Å². The van der Waals surface area contributed by atoms with E-state index in [0.717, 1.165) is 11.3 Å². The smallest absolute Gasteiger partial charge is 0.219 e. The molecule has 2 heteroatoms. The largest absolute Gasteiger partial charge is 0.439 e. The van der Waals surface area contributed by atoms with E-state index in [1.54, 1.807) is 0 Å². The Bertz CT molecular complexity index is 524. The van der Waals surface area contributed by atoms with Crippen LogP contribution in [0, 0.1) is 6.92 Å². The monoisotopic (exact) mass is 241 g/mol. The highest BCUT2D eigenvalue weighted by molar-refractivity contribution is 5.35. The molecule has 0 radical (unpaired) electrons. The summed E-state index contributed by atoms with van der Waals surface area (Å²) in [7, 11) is 0. The van der Waals surface area contributed by atoms with Crippen LogP contribution in [-0.2, 0) is 5.41 Å². The molecule has 0 aliphatic carbocycles. The van der Waals surface area contributed by atoms with Gasteiger partial charge in [-0.1, -0.05) is 39.0 Å². The first-order valence-electron chi connectivity index (χ1n) is 6.16. The van der Waals surface area contributed by atoms with Gasteiger partial charge in [-0.15, -0.1) is 0 Å². The molecule has 0 bridgehead atoms. The van der Waals surface area contributed by atoms with Gasteiger partial charge < -0.3 is 4.74 Å². The van der Waals surface area contributed by atoms with E-state index >= 15 is 0 Å². The van der Waals surface area contributed by atoms with Gasteiger partial charge in [0.25, 0.3) is 0 Å². The van der Waals surface area contributed by atoms with Crippen molar-refractivity contribution in [2.45, 2.75) is 33.1 Å². The molecule has 0 unspecified atom stereocenters. The van der Waals surface area contributed by atoms with Gasteiger partial charge in [0, 0.05) is 12.3 Å². The molecule has 1 heterocycles. The summed E-state index contributed by atoms with van der Waals surface area (Å²) in [6.45, 7) is 8.58. The number of hydrogen-bond acceptors (Lipinski definition) is 2. The lowest BCUT2D eigenvalue weighted by Gasteiger charge is -2.19. The Balaban J connectivity index is 2.22. The van der Waals surface area contributed by atoms with Crippen molar-refractivity contribution < 1.29 is 4.74 Å². The summed E-state index contributed by atoms with van der Waals surface area (Å²) in [5, 5.41) is 0. The minimum absolute atomic E-state index is 0.125. The van der Waals surface area contributed by atoms with E-state index in [1.165, 1.54) is 5.56 Å². The third kappa shape index (κ3) is 3.10. The molecule has 1 aromatic heterocycles. The lowest BCUT2D eigenvalue weighted by atomic mass is 9.87. The summed E-state index contributed by atoms with van der Waals surface area (Å²) in [5.74, 6) is 1.46. The van der Waals surface area contributed by atoms with Crippen LogP contribution in [0.2, 0.25) is 0 Å². The SMILES string of the molecule is Cc1ccc(Oc2cccc(C(C)(C)C)c2)nc1. The Morgan fingerprint density at radius 2 is 1.83 bits per heavy atom. The molecule has 2 aromatic rings. The van der Waals surface area contributed by atoms with Gasteiger partial charge in [-0.25, -0.2) is 4.98 Å². The van der Waals surface area contributed by atoms with Gasteiger partial charge in [0.1, 0.15) is 5.75 Å². The van der Waals surface area contributed by atoms with Gasteiger partial charge in [-0.05, 0) is 35.6 Å². The van der Waals surface area contributed by atoms with Gasteiger partial charge in [0.05, 0.1) is 0 Å². The van der Waals surface area contributed by atoms with Crippen LogP contribution >= 0.6 is 0 Å². The molecule has 18 heavy (non-hydrogen) atoms. The number of aromatic nitrogens is 1. The first kappa shape index (κ1) is 12.6. The molecule has 2 nitrogen and oxygen atoms in total. The summed E-state index contributed by atoms with van der Waals surface area (Å²) >= 11 is 0. The number of pyridine rings is 1. The van der Waals surface area contributed by atoms with Gasteiger partial charge in [-0.2, -0.15) is 0 Å². The van der Waals surface area contributed by atoms with E-state index in [4.69, 9.17) is 4.74 Å². The zero-order valence-electron chi connectivity index (χ0n) is 11.4. The van der Waals surface area contributed by atoms with Crippen molar-refractivity contribution in [3.63, 3.8) is 0 Å². The van der Waals surface area contributed by atoms with Crippen LogP contribution in [0.4, 0.5) is 0 Å². The second kappa shape index (κ2) is 4.81. The predicted molar refractivity (Wildman–Crippen MR) is 74.2 cm³/mol. The van der Waals surface area contributed by atoms with E-state index in [2.05, 4.69) is 37.9 Å². The van der Waals surface area contributed by atoms with Gasteiger partial charge in [-0.3, -0.25) is 0 Å². The second-order valence-corrected chi connectivity index (χ2v) is 5.55. The predicted octanol–water partition coefficient (Wildman–Crippen LogP) is 4.48. The van der Waals surface area contributed by atoms with Crippen molar-refractivity contribution in [2.24, 2.45) is 0 Å². The Morgan fingerprint density at radius 3 is 2.44 bits per heavy atom. The lowest BCUT2D eigenvalue weighted by molar-refractivity contribution is 0.459. The molecule has 0 aliphatic heterocycles. The van der Waals surface area contributed by atoms with Crippen LogP contribution < -0.4 is 4.74 Å². The summed E-state index contributed by atoms with van der Waals surface area (Å²) in [6.07, 6.45) is 1.81. The lowest BCUT2D eigenvalue weighted by Crippen LogP contribution is -2.10. The van der Waals surface area contributed by atoms with Crippen LogP contribution in [0.3, 0.4) is 0 Å².